The van der Waals surface area contributed by atoms with Crippen molar-refractivity contribution in [2.45, 2.75) is 0 Å². The largest absolute Gasteiger partial charge is 0.476 e. The van der Waals surface area contributed by atoms with Crippen LogP contribution in [0, 0.1) is 3.57 Å². The highest BCUT2D eigenvalue weighted by Gasteiger charge is 2.19. The summed E-state index contributed by atoms with van der Waals surface area (Å²) in [7, 11) is 0. The molecule has 0 amide bonds. The van der Waals surface area contributed by atoms with Gasteiger partial charge in [-0.3, -0.25) is 4.40 Å². The fourth-order valence-electron chi connectivity index (χ4n) is 2.01. The summed E-state index contributed by atoms with van der Waals surface area (Å²) in [6.45, 7) is 0. The fraction of sp³-hybridized carbons (Fsp3) is 0. The molecule has 0 atom stereocenters. The van der Waals surface area contributed by atoms with Gasteiger partial charge in [0.05, 0.1) is 10.7 Å². The maximum atomic E-state index is 11.5. The standard InChI is InChI=1S/C14H9ClIN3O2/c15-9-7-8(16)4-5-10(9)17-13-12(14(20)21)19-6-2-1-3-11(19)18-13/h1-7,17H,(H,20,21). The highest BCUT2D eigenvalue weighted by Crippen LogP contribution is 2.28. The van der Waals surface area contributed by atoms with Gasteiger partial charge in [-0.25, -0.2) is 9.78 Å². The first-order chi connectivity index (χ1) is 10.1. The second-order valence-corrected chi connectivity index (χ2v) is 5.95. The minimum Gasteiger partial charge on any atom is -0.476 e. The topological polar surface area (TPSA) is 66.6 Å². The van der Waals surface area contributed by atoms with Crippen LogP contribution in [-0.2, 0) is 0 Å². The number of hydrogen-bond donors (Lipinski definition) is 2. The van der Waals surface area contributed by atoms with Gasteiger partial charge in [-0.1, -0.05) is 17.7 Å². The molecule has 0 aliphatic heterocycles. The molecule has 0 fully saturated rings. The van der Waals surface area contributed by atoms with Crippen LogP contribution in [0.15, 0.2) is 42.6 Å². The molecule has 2 N–H and O–H groups in total. The van der Waals surface area contributed by atoms with Gasteiger partial charge in [0.2, 0.25) is 0 Å². The van der Waals surface area contributed by atoms with E-state index in [9.17, 15) is 9.90 Å². The van der Waals surface area contributed by atoms with E-state index in [1.165, 1.54) is 4.40 Å². The monoisotopic (exact) mass is 413 g/mol. The van der Waals surface area contributed by atoms with Crippen LogP contribution in [0.25, 0.3) is 5.65 Å². The number of anilines is 2. The van der Waals surface area contributed by atoms with Crippen molar-refractivity contribution in [2.75, 3.05) is 5.32 Å². The van der Waals surface area contributed by atoms with Gasteiger partial charge in [-0.15, -0.1) is 0 Å². The van der Waals surface area contributed by atoms with Crippen LogP contribution in [0.1, 0.15) is 10.5 Å². The number of carboxylic acid groups (broad SMARTS) is 1. The van der Waals surface area contributed by atoms with Crippen LogP contribution >= 0.6 is 34.2 Å². The van der Waals surface area contributed by atoms with Crippen molar-refractivity contribution in [3.05, 3.63) is 56.9 Å². The van der Waals surface area contributed by atoms with Gasteiger partial charge >= 0.3 is 5.97 Å². The van der Waals surface area contributed by atoms with E-state index in [0.29, 0.717) is 16.4 Å². The van der Waals surface area contributed by atoms with E-state index in [1.807, 2.05) is 6.07 Å². The lowest BCUT2D eigenvalue weighted by atomic mass is 10.3. The first kappa shape index (κ1) is 14.2. The van der Waals surface area contributed by atoms with E-state index >= 15 is 0 Å². The first-order valence-electron chi connectivity index (χ1n) is 5.99. The van der Waals surface area contributed by atoms with Crippen molar-refractivity contribution in [1.82, 2.24) is 9.38 Å². The smallest absolute Gasteiger partial charge is 0.356 e. The average molecular weight is 414 g/mol. The minimum atomic E-state index is -1.06. The number of pyridine rings is 1. The van der Waals surface area contributed by atoms with Gasteiger partial charge in [-0.05, 0) is 52.9 Å². The normalized spacial score (nSPS) is 10.8. The molecule has 0 spiro atoms. The number of benzene rings is 1. The predicted molar refractivity (Wildman–Crippen MR) is 89.6 cm³/mol. The molecule has 0 saturated heterocycles. The van der Waals surface area contributed by atoms with Gasteiger partial charge in [-0.2, -0.15) is 0 Å². The number of nitrogens with one attached hydrogen (secondary N) is 1. The van der Waals surface area contributed by atoms with Crippen molar-refractivity contribution in [1.29, 1.82) is 0 Å². The Kier molecular flexibility index (Phi) is 3.73. The summed E-state index contributed by atoms with van der Waals surface area (Å²) in [6.07, 6.45) is 1.66. The summed E-state index contributed by atoms with van der Waals surface area (Å²) in [5.41, 5.74) is 1.24. The van der Waals surface area contributed by atoms with Crippen LogP contribution in [0.4, 0.5) is 11.5 Å². The van der Waals surface area contributed by atoms with E-state index in [4.69, 9.17) is 11.6 Å². The number of nitrogens with zero attached hydrogens (tertiary/aromatic N) is 2. The van der Waals surface area contributed by atoms with Gasteiger partial charge in [0.25, 0.3) is 0 Å². The van der Waals surface area contributed by atoms with Crippen molar-refractivity contribution in [3.8, 4) is 0 Å². The van der Waals surface area contributed by atoms with E-state index in [2.05, 4.69) is 32.9 Å². The van der Waals surface area contributed by atoms with Crippen LogP contribution in [0.5, 0.6) is 0 Å². The van der Waals surface area contributed by atoms with E-state index in [-0.39, 0.29) is 11.5 Å². The molecular formula is C14H9ClIN3O2. The molecule has 21 heavy (non-hydrogen) atoms. The molecule has 7 heteroatoms. The van der Waals surface area contributed by atoms with Crippen LogP contribution in [0.2, 0.25) is 5.02 Å². The van der Waals surface area contributed by atoms with Crippen LogP contribution < -0.4 is 5.32 Å². The third kappa shape index (κ3) is 2.68. The van der Waals surface area contributed by atoms with Gasteiger partial charge in [0.15, 0.2) is 11.5 Å². The quantitative estimate of drug-likeness (QED) is 0.636. The average Bonchev–Trinajstić information content (AvgIpc) is 2.80. The Morgan fingerprint density at radius 1 is 1.33 bits per heavy atom. The predicted octanol–water partition coefficient (Wildman–Crippen LogP) is 4.03. The molecule has 0 bridgehead atoms. The van der Waals surface area contributed by atoms with Crippen LogP contribution in [0.3, 0.4) is 0 Å². The molecule has 5 nitrogen and oxygen atoms in total. The highest BCUT2D eigenvalue weighted by atomic mass is 127. The van der Waals surface area contributed by atoms with Gasteiger partial charge in [0.1, 0.15) is 5.65 Å². The Balaban J connectivity index is 2.12. The zero-order valence-electron chi connectivity index (χ0n) is 10.5. The third-order valence-corrected chi connectivity index (χ3v) is 3.90. The Labute approximate surface area is 138 Å². The fourth-order valence-corrected chi connectivity index (χ4v) is 2.91. The minimum absolute atomic E-state index is 0.0696. The molecule has 2 heterocycles. The number of hydrogen-bond acceptors (Lipinski definition) is 3. The van der Waals surface area contributed by atoms with E-state index in [0.717, 1.165) is 3.57 Å². The highest BCUT2D eigenvalue weighted by molar-refractivity contribution is 14.1. The number of fused-ring (bicyclic) bond motifs is 1. The Bertz CT molecular complexity index is 847. The second-order valence-electron chi connectivity index (χ2n) is 4.29. The zero-order chi connectivity index (χ0) is 15.0. The van der Waals surface area contributed by atoms with E-state index < -0.39 is 5.97 Å². The number of carboxylic acids is 1. The zero-order valence-corrected chi connectivity index (χ0v) is 13.5. The number of carbonyl (C=O) groups is 1. The Morgan fingerprint density at radius 2 is 2.14 bits per heavy atom. The summed E-state index contributed by atoms with van der Waals surface area (Å²) in [5.74, 6) is -0.797. The van der Waals surface area contributed by atoms with Gasteiger partial charge in [0, 0.05) is 9.77 Å². The summed E-state index contributed by atoms with van der Waals surface area (Å²) in [5, 5.41) is 12.9. The summed E-state index contributed by atoms with van der Waals surface area (Å²) >= 11 is 8.32. The number of aromatic carboxylic acids is 1. The van der Waals surface area contributed by atoms with Crippen molar-refractivity contribution in [3.63, 3.8) is 0 Å². The lowest BCUT2D eigenvalue weighted by Gasteiger charge is -2.07. The molecule has 3 aromatic rings. The Hall–Kier alpha value is -1.80. The lowest BCUT2D eigenvalue weighted by Crippen LogP contribution is -2.05. The molecule has 0 saturated carbocycles. The Morgan fingerprint density at radius 3 is 2.86 bits per heavy atom. The summed E-state index contributed by atoms with van der Waals surface area (Å²) in [4.78, 5) is 15.8. The van der Waals surface area contributed by atoms with Crippen LogP contribution in [-0.4, -0.2) is 20.5 Å². The van der Waals surface area contributed by atoms with E-state index in [1.54, 1.807) is 36.5 Å². The number of aromatic nitrogens is 2. The number of halogens is 2. The molecule has 0 aliphatic carbocycles. The molecular weight excluding hydrogens is 405 g/mol. The van der Waals surface area contributed by atoms with Crippen molar-refractivity contribution >= 4 is 57.3 Å². The SMILES string of the molecule is O=C(O)c1c(Nc2ccc(I)cc2Cl)nc2ccccn12. The third-order valence-electron chi connectivity index (χ3n) is 2.92. The second kappa shape index (κ2) is 5.53. The molecule has 2 aromatic heterocycles. The van der Waals surface area contributed by atoms with Crippen molar-refractivity contribution in [2.24, 2.45) is 0 Å². The summed E-state index contributed by atoms with van der Waals surface area (Å²) < 4.78 is 2.52. The maximum absolute atomic E-state index is 11.5. The molecule has 0 unspecified atom stereocenters. The molecule has 3 rings (SSSR count). The molecule has 0 radical (unpaired) electrons. The van der Waals surface area contributed by atoms with Gasteiger partial charge < -0.3 is 10.4 Å². The molecule has 106 valence electrons. The lowest BCUT2D eigenvalue weighted by molar-refractivity contribution is 0.0690. The number of imidazole rings is 1. The van der Waals surface area contributed by atoms with Crippen molar-refractivity contribution < 1.29 is 9.90 Å². The molecule has 0 aliphatic rings. The summed E-state index contributed by atoms with van der Waals surface area (Å²) in [6, 6.07) is 10.8. The first-order valence-corrected chi connectivity index (χ1v) is 7.44. The molecule has 1 aromatic carbocycles. The number of rotatable bonds is 3. The maximum Gasteiger partial charge on any atom is 0.356 e.